The number of halogens is 1. The van der Waals surface area contributed by atoms with Crippen molar-refractivity contribution in [2.24, 2.45) is 0 Å². The summed E-state index contributed by atoms with van der Waals surface area (Å²) in [6, 6.07) is 1.85. The number of hydrogen-bond donors (Lipinski definition) is 1. The third-order valence-corrected chi connectivity index (χ3v) is 4.25. The van der Waals surface area contributed by atoms with E-state index in [1.54, 1.807) is 4.90 Å². The Balaban J connectivity index is 1.84. The summed E-state index contributed by atoms with van der Waals surface area (Å²) < 4.78 is 5.08. The van der Waals surface area contributed by atoms with Crippen LogP contribution in [0, 0.1) is 0 Å². The first-order valence-electron chi connectivity index (χ1n) is 5.91. The van der Waals surface area contributed by atoms with E-state index in [4.69, 9.17) is 21.4 Å². The summed E-state index contributed by atoms with van der Waals surface area (Å²) in [6.45, 7) is 0.848. The zero-order valence-electron chi connectivity index (χ0n) is 10.2. The van der Waals surface area contributed by atoms with E-state index in [-0.39, 0.29) is 19.1 Å². The molecule has 1 N–H and O–H groups in total. The normalized spacial score (nSPS) is 19.4. The van der Waals surface area contributed by atoms with Crippen LogP contribution in [0.15, 0.2) is 11.4 Å². The molecule has 0 aromatic carbocycles. The topological polar surface area (TPSA) is 66.8 Å². The van der Waals surface area contributed by atoms with E-state index in [2.05, 4.69) is 0 Å². The number of hydrogen-bond acceptors (Lipinski definition) is 4. The molecular weight excluding hydrogens is 290 g/mol. The summed E-state index contributed by atoms with van der Waals surface area (Å²) in [6.07, 6.45) is 0.0861. The number of carbonyl (C=O) groups is 2. The zero-order chi connectivity index (χ0) is 13.8. The molecule has 1 aliphatic heterocycles. The van der Waals surface area contributed by atoms with Crippen molar-refractivity contribution in [3.63, 3.8) is 0 Å². The second kappa shape index (κ2) is 6.36. The lowest BCUT2D eigenvalue weighted by Gasteiger charge is -2.30. The summed E-state index contributed by atoms with van der Waals surface area (Å²) in [7, 11) is 0. The number of ether oxygens (including phenoxy) is 1. The molecule has 0 saturated carbocycles. The van der Waals surface area contributed by atoms with E-state index in [1.165, 1.54) is 11.3 Å². The molecule has 1 atom stereocenters. The van der Waals surface area contributed by atoms with Crippen molar-refractivity contribution < 1.29 is 19.4 Å². The molecule has 2 heterocycles. The monoisotopic (exact) mass is 303 g/mol. The maximum atomic E-state index is 12.0. The highest BCUT2D eigenvalue weighted by atomic mass is 35.5. The average molecular weight is 304 g/mol. The molecule has 0 bridgehead atoms. The average Bonchev–Trinajstić information content (AvgIpc) is 2.82. The lowest BCUT2D eigenvalue weighted by atomic mass is 10.2. The van der Waals surface area contributed by atoms with Crippen LogP contribution in [0.25, 0.3) is 0 Å². The van der Waals surface area contributed by atoms with Crippen molar-refractivity contribution in [2.45, 2.75) is 18.9 Å². The van der Waals surface area contributed by atoms with Crippen LogP contribution in [0.1, 0.15) is 11.3 Å². The Hall–Kier alpha value is -1.11. The maximum Gasteiger partial charge on any atom is 0.334 e. The number of aryl methyl sites for hydroxylation is 1. The predicted octanol–water partition coefficient (Wildman–Crippen LogP) is 1.65. The number of amides is 1. The van der Waals surface area contributed by atoms with Gasteiger partial charge < -0.3 is 14.7 Å². The SMILES string of the molecule is O=C(O)C1CN(C(=O)CCc2cc(Cl)cs2)CCO1. The highest BCUT2D eigenvalue weighted by Crippen LogP contribution is 2.20. The number of aliphatic carboxylic acids is 1. The van der Waals surface area contributed by atoms with Crippen LogP contribution in [0.4, 0.5) is 0 Å². The molecule has 1 saturated heterocycles. The van der Waals surface area contributed by atoms with Gasteiger partial charge in [-0.05, 0) is 12.5 Å². The van der Waals surface area contributed by atoms with Crippen LogP contribution in [0.5, 0.6) is 0 Å². The fourth-order valence-electron chi connectivity index (χ4n) is 1.90. The van der Waals surface area contributed by atoms with Crippen molar-refractivity contribution in [1.82, 2.24) is 4.90 Å². The van der Waals surface area contributed by atoms with Crippen molar-refractivity contribution in [2.75, 3.05) is 19.7 Å². The van der Waals surface area contributed by atoms with Crippen LogP contribution < -0.4 is 0 Å². The van der Waals surface area contributed by atoms with Gasteiger partial charge in [0, 0.05) is 23.2 Å². The summed E-state index contributed by atoms with van der Waals surface area (Å²) in [5.74, 6) is -1.07. The molecule has 19 heavy (non-hydrogen) atoms. The van der Waals surface area contributed by atoms with Gasteiger partial charge in [0.2, 0.25) is 5.91 Å². The van der Waals surface area contributed by atoms with E-state index in [0.29, 0.717) is 24.4 Å². The number of nitrogens with zero attached hydrogens (tertiary/aromatic N) is 1. The molecule has 104 valence electrons. The van der Waals surface area contributed by atoms with Crippen molar-refractivity contribution in [3.8, 4) is 0 Å². The molecule has 0 radical (unpaired) electrons. The van der Waals surface area contributed by atoms with Gasteiger partial charge in [0.05, 0.1) is 18.2 Å². The Morgan fingerprint density at radius 1 is 1.58 bits per heavy atom. The van der Waals surface area contributed by atoms with Gasteiger partial charge in [-0.15, -0.1) is 11.3 Å². The van der Waals surface area contributed by atoms with Crippen LogP contribution in [0.2, 0.25) is 5.02 Å². The zero-order valence-corrected chi connectivity index (χ0v) is 11.7. The lowest BCUT2D eigenvalue weighted by molar-refractivity contribution is -0.159. The Morgan fingerprint density at radius 3 is 3.00 bits per heavy atom. The number of carbonyl (C=O) groups excluding carboxylic acids is 1. The number of rotatable bonds is 4. The number of thiophene rings is 1. The largest absolute Gasteiger partial charge is 0.479 e. The van der Waals surface area contributed by atoms with Crippen molar-refractivity contribution in [3.05, 3.63) is 21.3 Å². The highest BCUT2D eigenvalue weighted by Gasteiger charge is 2.28. The standard InChI is InChI=1S/C12H14ClNO4S/c13-8-5-9(19-7-8)1-2-11(15)14-3-4-18-10(6-14)12(16)17/h5,7,10H,1-4,6H2,(H,16,17). The lowest BCUT2D eigenvalue weighted by Crippen LogP contribution is -2.48. The van der Waals surface area contributed by atoms with Crippen molar-refractivity contribution in [1.29, 1.82) is 0 Å². The molecule has 0 aliphatic carbocycles. The van der Waals surface area contributed by atoms with E-state index in [0.717, 1.165) is 4.88 Å². The van der Waals surface area contributed by atoms with Gasteiger partial charge in [-0.25, -0.2) is 4.79 Å². The molecular formula is C12H14ClNO4S. The molecule has 2 rings (SSSR count). The molecule has 0 spiro atoms. The summed E-state index contributed by atoms with van der Waals surface area (Å²) in [5, 5.41) is 11.4. The third kappa shape index (κ3) is 3.92. The maximum absolute atomic E-state index is 12.0. The minimum Gasteiger partial charge on any atom is -0.479 e. The minimum absolute atomic E-state index is 0.0425. The summed E-state index contributed by atoms with van der Waals surface area (Å²) >= 11 is 7.33. The van der Waals surface area contributed by atoms with Crippen LogP contribution >= 0.6 is 22.9 Å². The van der Waals surface area contributed by atoms with E-state index >= 15 is 0 Å². The summed E-state index contributed by atoms with van der Waals surface area (Å²) in [5.41, 5.74) is 0. The summed E-state index contributed by atoms with van der Waals surface area (Å²) in [4.78, 5) is 25.4. The Bertz CT molecular complexity index is 476. The first kappa shape index (κ1) is 14.3. The second-order valence-corrected chi connectivity index (χ2v) is 5.70. The Kier molecular flexibility index (Phi) is 4.79. The predicted molar refractivity (Wildman–Crippen MR) is 71.6 cm³/mol. The minimum atomic E-state index is -1.03. The van der Waals surface area contributed by atoms with Gasteiger partial charge >= 0.3 is 5.97 Å². The van der Waals surface area contributed by atoms with Crippen molar-refractivity contribution >= 4 is 34.8 Å². The molecule has 1 aromatic rings. The van der Waals surface area contributed by atoms with Gasteiger partial charge in [-0.2, -0.15) is 0 Å². The molecule has 1 unspecified atom stereocenters. The van der Waals surface area contributed by atoms with Gasteiger partial charge in [-0.1, -0.05) is 11.6 Å². The van der Waals surface area contributed by atoms with Crippen LogP contribution in [-0.4, -0.2) is 47.7 Å². The van der Waals surface area contributed by atoms with E-state index < -0.39 is 12.1 Å². The Morgan fingerprint density at radius 2 is 2.37 bits per heavy atom. The molecule has 5 nitrogen and oxygen atoms in total. The van der Waals surface area contributed by atoms with Gasteiger partial charge in [0.15, 0.2) is 6.10 Å². The first-order valence-corrected chi connectivity index (χ1v) is 7.17. The number of morpholine rings is 1. The smallest absolute Gasteiger partial charge is 0.334 e. The third-order valence-electron chi connectivity index (χ3n) is 2.90. The molecule has 1 aromatic heterocycles. The van der Waals surface area contributed by atoms with Gasteiger partial charge in [0.1, 0.15) is 0 Å². The second-order valence-electron chi connectivity index (χ2n) is 4.27. The fourth-order valence-corrected chi connectivity index (χ4v) is 2.98. The fraction of sp³-hybridized carbons (Fsp3) is 0.500. The quantitative estimate of drug-likeness (QED) is 0.918. The van der Waals surface area contributed by atoms with E-state index in [1.807, 2.05) is 11.4 Å². The number of carboxylic acids is 1. The molecule has 1 aliphatic rings. The Labute approximate surface area is 119 Å². The number of carboxylic acid groups (broad SMARTS) is 1. The highest BCUT2D eigenvalue weighted by molar-refractivity contribution is 7.10. The first-order chi connectivity index (χ1) is 9.06. The molecule has 1 amide bonds. The van der Waals surface area contributed by atoms with Crippen LogP contribution in [-0.2, 0) is 20.7 Å². The van der Waals surface area contributed by atoms with Gasteiger partial charge in [-0.3, -0.25) is 4.79 Å². The van der Waals surface area contributed by atoms with Crippen LogP contribution in [0.3, 0.4) is 0 Å². The molecule has 1 fully saturated rings. The van der Waals surface area contributed by atoms with Gasteiger partial charge in [0.25, 0.3) is 0 Å². The van der Waals surface area contributed by atoms with E-state index in [9.17, 15) is 9.59 Å². The molecule has 7 heteroatoms.